The van der Waals surface area contributed by atoms with Gasteiger partial charge in [-0.2, -0.15) is 10.2 Å². The lowest BCUT2D eigenvalue weighted by atomic mass is 9.72. The Balaban J connectivity index is 0.000000362. The standard InChI is InChI=1S/C23H24N4O2.C5H9N/c28-17-24-16-23(18-6-2-1-3-7-18)10-12-27(13-11-23)19-14-21(26-25-15-19)20-8-4-5-9-22(20)29;1-4-2-6-3-5(1)4/h1-9,14-15,17,29H,10-13,16H2,(H,24,28);4-6H,1-3H2. The van der Waals surface area contributed by atoms with Crippen LogP contribution in [0.15, 0.2) is 66.9 Å². The predicted molar refractivity (Wildman–Crippen MR) is 137 cm³/mol. The van der Waals surface area contributed by atoms with Gasteiger partial charge in [-0.25, -0.2) is 0 Å². The highest BCUT2D eigenvalue weighted by atomic mass is 16.3. The Labute approximate surface area is 206 Å². The molecule has 3 aliphatic rings. The molecule has 182 valence electrons. The SMILES string of the molecule is C1NCC2CC12.O=CNCC1(c2ccccc2)CCN(c2cnnc(-c3ccccc3O)c2)CC1. The Bertz CT molecular complexity index is 1120. The van der Waals surface area contributed by atoms with Crippen molar-refractivity contribution in [3.05, 3.63) is 72.4 Å². The molecule has 1 saturated carbocycles. The fraction of sp³-hybridized carbons (Fsp3) is 0.393. The van der Waals surface area contributed by atoms with Crippen molar-refractivity contribution in [1.82, 2.24) is 20.8 Å². The molecular formula is C28H33N5O2. The number of aromatic nitrogens is 2. The van der Waals surface area contributed by atoms with Crippen molar-refractivity contribution in [2.75, 3.05) is 37.6 Å². The fourth-order valence-electron chi connectivity index (χ4n) is 5.40. The van der Waals surface area contributed by atoms with Gasteiger partial charge in [0.1, 0.15) is 5.75 Å². The van der Waals surface area contributed by atoms with Gasteiger partial charge < -0.3 is 20.6 Å². The number of piperidine rings is 2. The second kappa shape index (κ2) is 10.4. The summed E-state index contributed by atoms with van der Waals surface area (Å²) in [6, 6.07) is 19.5. The molecule has 1 aliphatic carbocycles. The van der Waals surface area contributed by atoms with Crippen LogP contribution in [0.2, 0.25) is 0 Å². The third-order valence-corrected chi connectivity index (χ3v) is 7.70. The molecule has 2 aromatic carbocycles. The molecule has 6 rings (SSSR count). The normalized spacial score (nSPS) is 21.9. The van der Waals surface area contributed by atoms with Crippen LogP contribution in [0, 0.1) is 11.8 Å². The highest BCUT2D eigenvalue weighted by Crippen LogP contribution is 2.40. The molecule has 2 atom stereocenters. The largest absolute Gasteiger partial charge is 0.507 e. The zero-order valence-corrected chi connectivity index (χ0v) is 19.9. The number of rotatable bonds is 6. The minimum Gasteiger partial charge on any atom is -0.507 e. The summed E-state index contributed by atoms with van der Waals surface area (Å²) >= 11 is 0. The maximum atomic E-state index is 10.9. The van der Waals surface area contributed by atoms with E-state index in [1.807, 2.05) is 24.3 Å². The maximum Gasteiger partial charge on any atom is 0.207 e. The summed E-state index contributed by atoms with van der Waals surface area (Å²) < 4.78 is 0. The Kier molecular flexibility index (Phi) is 6.95. The number of anilines is 1. The second-order valence-corrected chi connectivity index (χ2v) is 9.86. The van der Waals surface area contributed by atoms with Crippen molar-refractivity contribution in [3.63, 3.8) is 0 Å². The molecule has 35 heavy (non-hydrogen) atoms. The van der Waals surface area contributed by atoms with Crippen molar-refractivity contribution in [2.45, 2.75) is 24.7 Å². The van der Waals surface area contributed by atoms with E-state index in [4.69, 9.17) is 0 Å². The lowest BCUT2D eigenvalue weighted by Gasteiger charge is -2.43. The predicted octanol–water partition coefficient (Wildman–Crippen LogP) is 3.36. The van der Waals surface area contributed by atoms with Crippen LogP contribution >= 0.6 is 0 Å². The van der Waals surface area contributed by atoms with Gasteiger partial charge in [-0.1, -0.05) is 42.5 Å². The number of aromatic hydroxyl groups is 1. The molecule has 2 unspecified atom stereocenters. The van der Waals surface area contributed by atoms with Crippen molar-refractivity contribution in [2.24, 2.45) is 11.8 Å². The molecule has 0 spiro atoms. The summed E-state index contributed by atoms with van der Waals surface area (Å²) in [4.78, 5) is 13.2. The van der Waals surface area contributed by atoms with Crippen LogP contribution in [0.25, 0.3) is 11.3 Å². The van der Waals surface area contributed by atoms with Crippen LogP contribution < -0.4 is 15.5 Å². The average Bonchev–Trinajstić information content (AvgIpc) is 3.52. The van der Waals surface area contributed by atoms with Crippen LogP contribution in [0.4, 0.5) is 5.69 Å². The number of hydrogen-bond donors (Lipinski definition) is 3. The Morgan fingerprint density at radius 2 is 1.77 bits per heavy atom. The number of hydrogen-bond acceptors (Lipinski definition) is 6. The molecule has 1 amide bonds. The van der Waals surface area contributed by atoms with Gasteiger partial charge in [-0.15, -0.1) is 0 Å². The number of benzene rings is 2. The molecule has 0 bridgehead atoms. The number of para-hydroxylation sites is 1. The van der Waals surface area contributed by atoms with Crippen LogP contribution in [-0.2, 0) is 10.2 Å². The molecule has 3 aromatic rings. The van der Waals surface area contributed by atoms with Gasteiger partial charge in [-0.3, -0.25) is 4.79 Å². The zero-order valence-electron chi connectivity index (χ0n) is 19.9. The van der Waals surface area contributed by atoms with Gasteiger partial charge in [0.05, 0.1) is 17.6 Å². The molecule has 3 N–H and O–H groups in total. The van der Waals surface area contributed by atoms with E-state index < -0.39 is 0 Å². The quantitative estimate of drug-likeness (QED) is 0.478. The molecular weight excluding hydrogens is 438 g/mol. The van der Waals surface area contributed by atoms with Gasteiger partial charge in [0, 0.05) is 30.6 Å². The Morgan fingerprint density at radius 1 is 1.06 bits per heavy atom. The lowest BCUT2D eigenvalue weighted by Crippen LogP contribution is -2.48. The van der Waals surface area contributed by atoms with E-state index >= 15 is 0 Å². The van der Waals surface area contributed by atoms with Crippen LogP contribution in [0.1, 0.15) is 24.8 Å². The van der Waals surface area contributed by atoms with Gasteiger partial charge in [0.2, 0.25) is 6.41 Å². The summed E-state index contributed by atoms with van der Waals surface area (Å²) in [6.07, 6.45) is 5.91. The van der Waals surface area contributed by atoms with E-state index in [1.54, 1.807) is 18.3 Å². The zero-order chi connectivity index (χ0) is 24.1. The number of amides is 1. The average molecular weight is 472 g/mol. The molecule has 3 fully saturated rings. The van der Waals surface area contributed by atoms with Crippen molar-refractivity contribution < 1.29 is 9.90 Å². The van der Waals surface area contributed by atoms with Crippen molar-refractivity contribution in [1.29, 1.82) is 0 Å². The summed E-state index contributed by atoms with van der Waals surface area (Å²) in [6.45, 7) is 4.95. The number of carbonyl (C=O) groups is 1. The first-order valence-corrected chi connectivity index (χ1v) is 12.5. The minimum absolute atomic E-state index is 0.0698. The number of phenols is 1. The maximum absolute atomic E-state index is 10.9. The molecule has 7 heteroatoms. The second-order valence-electron chi connectivity index (χ2n) is 9.86. The number of carbonyl (C=O) groups excluding carboxylic acids is 1. The van der Waals surface area contributed by atoms with E-state index in [2.05, 4.69) is 50.0 Å². The van der Waals surface area contributed by atoms with E-state index in [1.165, 1.54) is 25.1 Å². The monoisotopic (exact) mass is 471 g/mol. The molecule has 7 nitrogen and oxygen atoms in total. The van der Waals surface area contributed by atoms with E-state index in [9.17, 15) is 9.90 Å². The first-order chi connectivity index (χ1) is 17.2. The lowest BCUT2D eigenvalue weighted by molar-refractivity contribution is -0.109. The topological polar surface area (TPSA) is 90.4 Å². The smallest absolute Gasteiger partial charge is 0.207 e. The third-order valence-electron chi connectivity index (χ3n) is 7.70. The highest BCUT2D eigenvalue weighted by Gasteiger charge is 2.40. The Hall–Kier alpha value is -3.45. The van der Waals surface area contributed by atoms with Gasteiger partial charge in [-0.05, 0) is 68.0 Å². The molecule has 2 aliphatic heterocycles. The number of nitrogens with one attached hydrogen (secondary N) is 2. The molecule has 2 saturated heterocycles. The van der Waals surface area contributed by atoms with Gasteiger partial charge in [0.15, 0.2) is 0 Å². The van der Waals surface area contributed by atoms with Crippen molar-refractivity contribution in [3.8, 4) is 17.0 Å². The van der Waals surface area contributed by atoms with E-state index in [-0.39, 0.29) is 11.2 Å². The number of fused-ring (bicyclic) bond motifs is 1. The number of phenolic OH excluding ortho intramolecular Hbond substituents is 1. The molecule has 0 radical (unpaired) electrons. The van der Waals surface area contributed by atoms with Gasteiger partial charge >= 0.3 is 0 Å². The molecule has 3 heterocycles. The van der Waals surface area contributed by atoms with E-state index in [0.717, 1.165) is 49.9 Å². The van der Waals surface area contributed by atoms with Crippen LogP contribution in [-0.4, -0.2) is 54.4 Å². The molecule has 1 aromatic heterocycles. The van der Waals surface area contributed by atoms with Crippen molar-refractivity contribution >= 4 is 12.1 Å². The van der Waals surface area contributed by atoms with Crippen LogP contribution in [0.5, 0.6) is 5.75 Å². The summed E-state index contributed by atoms with van der Waals surface area (Å²) in [5, 5.41) is 24.7. The Morgan fingerprint density at radius 3 is 2.40 bits per heavy atom. The fourth-order valence-corrected chi connectivity index (χ4v) is 5.40. The van der Waals surface area contributed by atoms with E-state index in [0.29, 0.717) is 17.8 Å². The van der Waals surface area contributed by atoms with Gasteiger partial charge in [0.25, 0.3) is 0 Å². The first-order valence-electron chi connectivity index (χ1n) is 12.5. The summed E-state index contributed by atoms with van der Waals surface area (Å²) in [7, 11) is 0. The summed E-state index contributed by atoms with van der Waals surface area (Å²) in [5.74, 6) is 2.40. The number of nitrogens with zero attached hydrogens (tertiary/aromatic N) is 3. The highest BCUT2D eigenvalue weighted by molar-refractivity contribution is 5.69. The summed E-state index contributed by atoms with van der Waals surface area (Å²) in [5.41, 5.74) is 3.51. The minimum atomic E-state index is -0.0698. The van der Waals surface area contributed by atoms with Crippen LogP contribution in [0.3, 0.4) is 0 Å². The first kappa shape index (κ1) is 23.3. The third kappa shape index (κ3) is 5.30.